The van der Waals surface area contributed by atoms with Crippen molar-refractivity contribution >= 4 is 23.4 Å². The molecule has 1 N–H and O–H groups in total. The molecule has 30 heavy (non-hydrogen) atoms. The number of alkyl halides is 3. The van der Waals surface area contributed by atoms with E-state index in [-0.39, 0.29) is 16.5 Å². The van der Waals surface area contributed by atoms with E-state index in [1.54, 1.807) is 37.4 Å². The zero-order chi connectivity index (χ0) is 21.9. The van der Waals surface area contributed by atoms with Crippen LogP contribution < -0.4 is 5.32 Å². The van der Waals surface area contributed by atoms with Crippen LogP contribution in [0.15, 0.2) is 53.7 Å². The topological polar surface area (TPSA) is 59.8 Å². The van der Waals surface area contributed by atoms with E-state index in [0.29, 0.717) is 16.4 Å². The van der Waals surface area contributed by atoms with Crippen LogP contribution in [0.4, 0.5) is 18.9 Å². The van der Waals surface area contributed by atoms with Gasteiger partial charge in [0.15, 0.2) is 5.82 Å². The van der Waals surface area contributed by atoms with Crippen molar-refractivity contribution in [3.05, 3.63) is 65.6 Å². The van der Waals surface area contributed by atoms with Crippen molar-refractivity contribution < 1.29 is 18.0 Å². The lowest BCUT2D eigenvalue weighted by molar-refractivity contribution is -0.137. The number of halogens is 3. The largest absolute Gasteiger partial charge is 0.418 e. The Morgan fingerprint density at radius 2 is 2.03 bits per heavy atom. The third-order valence-corrected chi connectivity index (χ3v) is 5.84. The molecule has 3 aromatic rings. The van der Waals surface area contributed by atoms with Gasteiger partial charge >= 0.3 is 6.18 Å². The molecule has 2 heterocycles. The molecular formula is C21H21F3N4OS. The average Bonchev–Trinajstić information content (AvgIpc) is 3.10. The summed E-state index contributed by atoms with van der Waals surface area (Å²) in [6.07, 6.45) is -0.851. The smallest absolute Gasteiger partial charge is 0.321 e. The number of aromatic nitrogens is 3. The normalized spacial score (nSPS) is 12.6. The highest BCUT2D eigenvalue weighted by molar-refractivity contribution is 7.99. The molecule has 5 nitrogen and oxygen atoms in total. The van der Waals surface area contributed by atoms with Gasteiger partial charge in [0.1, 0.15) is 0 Å². The van der Waals surface area contributed by atoms with Crippen LogP contribution >= 0.6 is 11.8 Å². The van der Waals surface area contributed by atoms with E-state index in [4.69, 9.17) is 0 Å². The van der Waals surface area contributed by atoms with Crippen molar-refractivity contribution in [1.82, 2.24) is 14.8 Å². The first-order chi connectivity index (χ1) is 14.2. The van der Waals surface area contributed by atoms with Gasteiger partial charge in [-0.1, -0.05) is 19.9 Å². The summed E-state index contributed by atoms with van der Waals surface area (Å²) < 4.78 is 42.3. The fourth-order valence-corrected chi connectivity index (χ4v) is 3.75. The summed E-state index contributed by atoms with van der Waals surface area (Å²) in [6, 6.07) is 9.21. The van der Waals surface area contributed by atoms with Crippen LogP contribution in [0.3, 0.4) is 0 Å². The van der Waals surface area contributed by atoms with Gasteiger partial charge in [0.2, 0.25) is 0 Å². The van der Waals surface area contributed by atoms with Crippen molar-refractivity contribution in [2.45, 2.75) is 43.5 Å². The number of hydrogen-bond acceptors (Lipinski definition) is 4. The molecule has 0 saturated heterocycles. The van der Waals surface area contributed by atoms with E-state index in [2.05, 4.69) is 15.4 Å². The third-order valence-electron chi connectivity index (χ3n) is 4.58. The Kier molecular flexibility index (Phi) is 6.50. The number of nitrogens with one attached hydrogen (secondary N) is 1. The molecule has 0 aliphatic rings. The van der Waals surface area contributed by atoms with E-state index in [0.717, 1.165) is 12.5 Å². The van der Waals surface area contributed by atoms with Crippen LogP contribution in [0.5, 0.6) is 0 Å². The summed E-state index contributed by atoms with van der Waals surface area (Å²) in [5, 5.41) is 6.72. The molecule has 0 fully saturated rings. The maximum atomic E-state index is 13.6. The summed E-state index contributed by atoms with van der Waals surface area (Å²) in [4.78, 5) is 17.4. The molecule has 1 amide bonds. The minimum Gasteiger partial charge on any atom is -0.321 e. The number of nitrogens with zero attached hydrogens (tertiary/aromatic N) is 3. The second kappa shape index (κ2) is 8.91. The second-order valence-electron chi connectivity index (χ2n) is 6.74. The molecule has 2 aromatic heterocycles. The molecule has 0 saturated carbocycles. The number of rotatable bonds is 6. The lowest BCUT2D eigenvalue weighted by atomic mass is 10.1. The quantitative estimate of drug-likeness (QED) is 0.503. The Labute approximate surface area is 176 Å². The van der Waals surface area contributed by atoms with Gasteiger partial charge in [0, 0.05) is 16.3 Å². The van der Waals surface area contributed by atoms with Gasteiger partial charge in [0.25, 0.3) is 5.91 Å². The van der Waals surface area contributed by atoms with Crippen LogP contribution in [0.25, 0.3) is 5.82 Å². The number of hydrogen-bond donors (Lipinski definition) is 1. The highest BCUT2D eigenvalue weighted by atomic mass is 32.2. The average molecular weight is 434 g/mol. The number of benzene rings is 1. The van der Waals surface area contributed by atoms with Crippen LogP contribution in [0, 0.1) is 6.92 Å². The zero-order valence-electron chi connectivity index (χ0n) is 16.7. The minimum absolute atomic E-state index is 0.173. The first-order valence-corrected chi connectivity index (χ1v) is 10.2. The van der Waals surface area contributed by atoms with Crippen molar-refractivity contribution in [2.75, 3.05) is 5.32 Å². The van der Waals surface area contributed by atoms with E-state index in [9.17, 15) is 18.0 Å². The SMILES string of the molecule is CCC(C)Sc1ccc(NC(=O)c2cnn(-c3ccccn3)c2C)c(C(F)(F)F)c1. The molecule has 9 heteroatoms. The van der Waals surface area contributed by atoms with Crippen molar-refractivity contribution in [3.8, 4) is 5.82 Å². The lowest BCUT2D eigenvalue weighted by Crippen LogP contribution is -2.17. The summed E-state index contributed by atoms with van der Waals surface area (Å²) in [7, 11) is 0. The Bertz CT molecular complexity index is 1030. The van der Waals surface area contributed by atoms with Crippen LogP contribution in [0.2, 0.25) is 0 Å². The first kappa shape index (κ1) is 21.9. The molecule has 0 aliphatic heterocycles. The molecule has 158 valence electrons. The van der Waals surface area contributed by atoms with Gasteiger partial charge in [-0.25, -0.2) is 9.67 Å². The Balaban J connectivity index is 1.89. The maximum absolute atomic E-state index is 13.6. The summed E-state index contributed by atoms with van der Waals surface area (Å²) in [5.41, 5.74) is -0.513. The highest BCUT2D eigenvalue weighted by Crippen LogP contribution is 2.38. The molecule has 1 unspecified atom stereocenters. The summed E-state index contributed by atoms with van der Waals surface area (Å²) in [5.74, 6) is -0.154. The van der Waals surface area contributed by atoms with Gasteiger partial charge < -0.3 is 5.32 Å². The molecule has 0 radical (unpaired) electrons. The van der Waals surface area contributed by atoms with E-state index in [1.165, 1.54) is 28.7 Å². The van der Waals surface area contributed by atoms with E-state index in [1.807, 2.05) is 13.8 Å². The van der Waals surface area contributed by atoms with Gasteiger partial charge in [0.05, 0.1) is 28.7 Å². The number of carbonyl (C=O) groups is 1. The number of carbonyl (C=O) groups excluding carboxylic acids is 1. The lowest BCUT2D eigenvalue weighted by Gasteiger charge is -2.16. The predicted octanol–water partition coefficient (Wildman–Crippen LogP) is 5.74. The Morgan fingerprint density at radius 3 is 2.67 bits per heavy atom. The van der Waals surface area contributed by atoms with Crippen LogP contribution in [-0.2, 0) is 6.18 Å². The zero-order valence-corrected chi connectivity index (χ0v) is 17.5. The summed E-state index contributed by atoms with van der Waals surface area (Å²) in [6.45, 7) is 5.59. The molecule has 0 aliphatic carbocycles. The van der Waals surface area contributed by atoms with E-state index < -0.39 is 17.6 Å². The van der Waals surface area contributed by atoms with Gasteiger partial charge in [-0.15, -0.1) is 11.8 Å². The van der Waals surface area contributed by atoms with Gasteiger partial charge in [-0.2, -0.15) is 18.3 Å². The van der Waals surface area contributed by atoms with Crippen molar-refractivity contribution in [2.24, 2.45) is 0 Å². The Hall–Kier alpha value is -2.81. The minimum atomic E-state index is -4.60. The number of pyridine rings is 1. The standard InChI is InChI=1S/C21H21F3N4OS/c1-4-13(2)30-15-8-9-18(17(11-15)21(22,23)24)27-20(29)16-12-26-28(14(16)3)19-7-5-6-10-25-19/h5-13H,4H2,1-3H3,(H,27,29). The maximum Gasteiger partial charge on any atom is 0.418 e. The van der Waals surface area contributed by atoms with Gasteiger partial charge in [-0.3, -0.25) is 4.79 Å². The first-order valence-electron chi connectivity index (χ1n) is 9.36. The fourth-order valence-electron chi connectivity index (χ4n) is 2.79. The third kappa shape index (κ3) is 4.84. The predicted molar refractivity (Wildman–Crippen MR) is 111 cm³/mol. The van der Waals surface area contributed by atoms with Gasteiger partial charge in [-0.05, 0) is 43.7 Å². The molecular weight excluding hydrogens is 413 g/mol. The number of anilines is 1. The summed E-state index contributed by atoms with van der Waals surface area (Å²) >= 11 is 1.37. The van der Waals surface area contributed by atoms with Crippen LogP contribution in [0.1, 0.15) is 41.9 Å². The molecule has 0 bridgehead atoms. The molecule has 1 atom stereocenters. The van der Waals surface area contributed by atoms with E-state index >= 15 is 0 Å². The molecule has 1 aromatic carbocycles. The van der Waals surface area contributed by atoms with Crippen molar-refractivity contribution in [1.29, 1.82) is 0 Å². The Morgan fingerprint density at radius 1 is 1.27 bits per heavy atom. The molecule has 3 rings (SSSR count). The molecule has 0 spiro atoms. The van der Waals surface area contributed by atoms with Crippen molar-refractivity contribution in [3.63, 3.8) is 0 Å². The monoisotopic (exact) mass is 434 g/mol. The fraction of sp³-hybridized carbons (Fsp3) is 0.286. The highest BCUT2D eigenvalue weighted by Gasteiger charge is 2.34. The number of amides is 1. The van der Waals surface area contributed by atoms with Crippen LogP contribution in [-0.4, -0.2) is 25.9 Å². The number of thioether (sulfide) groups is 1. The second-order valence-corrected chi connectivity index (χ2v) is 8.25.